The topological polar surface area (TPSA) is 104 Å². The van der Waals surface area contributed by atoms with Crippen LogP contribution < -0.4 is 10.9 Å². The molecule has 0 spiro atoms. The molecule has 0 bridgehead atoms. The third-order valence-electron chi connectivity index (χ3n) is 4.32. The first-order valence-corrected chi connectivity index (χ1v) is 8.85. The fraction of sp³-hybridized carbons (Fsp3) is 0.200. The number of H-pyrrole nitrogens is 1. The van der Waals surface area contributed by atoms with Crippen LogP contribution in [0.2, 0.25) is 0 Å². The number of hydrogen-bond donors (Lipinski definition) is 2. The minimum Gasteiger partial charge on any atom is -0.346 e. The van der Waals surface area contributed by atoms with E-state index in [-0.39, 0.29) is 16.9 Å². The summed E-state index contributed by atoms with van der Waals surface area (Å²) in [4.78, 5) is 28.8. The number of pyridine rings is 1. The highest BCUT2D eigenvalue weighted by molar-refractivity contribution is 5.94. The Morgan fingerprint density at radius 3 is 2.53 bits per heavy atom. The molecule has 2 N–H and O–H groups in total. The molecule has 30 heavy (non-hydrogen) atoms. The van der Waals surface area contributed by atoms with E-state index in [0.29, 0.717) is 16.7 Å². The van der Waals surface area contributed by atoms with Crippen LogP contribution in [-0.4, -0.2) is 39.8 Å². The number of nitriles is 1. The van der Waals surface area contributed by atoms with Crippen molar-refractivity contribution in [3.05, 3.63) is 70.3 Å². The van der Waals surface area contributed by atoms with Crippen LogP contribution in [0.25, 0.3) is 16.9 Å². The summed E-state index contributed by atoms with van der Waals surface area (Å²) in [7, 11) is 0. The molecule has 0 aliphatic rings. The second-order valence-corrected chi connectivity index (χ2v) is 6.37. The van der Waals surface area contributed by atoms with Crippen LogP contribution in [0, 0.1) is 11.3 Å². The molecule has 1 aromatic carbocycles. The predicted molar refractivity (Wildman–Crippen MR) is 102 cm³/mol. The van der Waals surface area contributed by atoms with Gasteiger partial charge in [0.1, 0.15) is 6.67 Å². The van der Waals surface area contributed by atoms with Crippen molar-refractivity contribution >= 4 is 5.91 Å². The van der Waals surface area contributed by atoms with Crippen LogP contribution in [0.15, 0.2) is 53.6 Å². The van der Waals surface area contributed by atoms with Crippen LogP contribution in [0.5, 0.6) is 0 Å². The van der Waals surface area contributed by atoms with E-state index >= 15 is 0 Å². The van der Waals surface area contributed by atoms with Crippen LogP contribution in [0.4, 0.5) is 13.2 Å². The van der Waals surface area contributed by atoms with Crippen molar-refractivity contribution in [1.29, 1.82) is 5.26 Å². The molecule has 3 aromatic rings. The number of aromatic nitrogens is 3. The average molecular weight is 415 g/mol. The number of nitrogens with one attached hydrogen (secondary N) is 2. The monoisotopic (exact) mass is 415 g/mol. The second kappa shape index (κ2) is 9.09. The summed E-state index contributed by atoms with van der Waals surface area (Å²) in [5, 5.41) is 13.8. The van der Waals surface area contributed by atoms with E-state index in [1.165, 1.54) is 18.3 Å². The van der Waals surface area contributed by atoms with Gasteiger partial charge in [-0.05, 0) is 29.8 Å². The average Bonchev–Trinajstić information content (AvgIpc) is 3.14. The molecule has 2 heterocycles. The van der Waals surface area contributed by atoms with Gasteiger partial charge in [0.2, 0.25) is 6.43 Å². The van der Waals surface area contributed by atoms with Gasteiger partial charge in [0.05, 0.1) is 28.8 Å². The number of alkyl halides is 3. The number of carbonyl (C=O) groups excluding carboxylic acids is 1. The van der Waals surface area contributed by atoms with E-state index < -0.39 is 31.5 Å². The lowest BCUT2D eigenvalue weighted by atomic mass is 10.1. The molecule has 0 radical (unpaired) electrons. The van der Waals surface area contributed by atoms with Crippen LogP contribution in [0.1, 0.15) is 22.3 Å². The third kappa shape index (κ3) is 4.57. The highest BCUT2D eigenvalue weighted by atomic mass is 19.3. The number of halogens is 3. The fourth-order valence-corrected chi connectivity index (χ4v) is 2.77. The summed E-state index contributed by atoms with van der Waals surface area (Å²) in [5.74, 6) is -0.541. The Hall–Kier alpha value is -3.87. The van der Waals surface area contributed by atoms with Crippen molar-refractivity contribution in [2.45, 2.75) is 18.9 Å². The number of carbonyl (C=O) groups is 1. The van der Waals surface area contributed by atoms with E-state index in [1.54, 1.807) is 24.3 Å². The van der Waals surface area contributed by atoms with Gasteiger partial charge in [-0.3, -0.25) is 14.7 Å². The van der Waals surface area contributed by atoms with Gasteiger partial charge >= 0.3 is 0 Å². The van der Waals surface area contributed by atoms with E-state index in [0.717, 1.165) is 10.9 Å². The summed E-state index contributed by atoms with van der Waals surface area (Å²) < 4.78 is 38.7. The maximum Gasteiger partial charge on any atom is 0.280 e. The zero-order valence-electron chi connectivity index (χ0n) is 15.5. The standard InChI is InChI=1S/C20H16F3N5O2/c21-8-15(7-17(22)23)27-19(29)14-5-6-18(25-10-14)28-20(30)16(11-26-28)13-3-1-12(9-24)2-4-13/h1-6,10-11,15,17,26H,7-8H2,(H,27,29). The zero-order valence-corrected chi connectivity index (χ0v) is 15.5. The Kier molecular flexibility index (Phi) is 6.32. The Bertz CT molecular complexity index is 1120. The lowest BCUT2D eigenvalue weighted by molar-refractivity contribution is 0.0866. The van der Waals surface area contributed by atoms with Crippen molar-refractivity contribution in [1.82, 2.24) is 20.1 Å². The summed E-state index contributed by atoms with van der Waals surface area (Å²) in [6, 6.07) is 9.94. The SMILES string of the molecule is N#Cc1ccc(-c2c[nH]n(-c3ccc(C(=O)NC(CF)CC(F)F)cn3)c2=O)cc1. The minimum atomic E-state index is -2.74. The molecule has 2 aromatic heterocycles. The van der Waals surface area contributed by atoms with Crippen LogP contribution in [0.3, 0.4) is 0 Å². The number of amides is 1. The first-order valence-electron chi connectivity index (χ1n) is 8.85. The molecule has 1 amide bonds. The highest BCUT2D eigenvalue weighted by Gasteiger charge is 2.19. The minimum absolute atomic E-state index is 0.0402. The molecular weight excluding hydrogens is 399 g/mol. The van der Waals surface area contributed by atoms with E-state index in [4.69, 9.17) is 5.26 Å². The quantitative estimate of drug-likeness (QED) is 0.619. The van der Waals surface area contributed by atoms with Crippen molar-refractivity contribution in [2.75, 3.05) is 6.67 Å². The molecular formula is C20H16F3N5O2. The lowest BCUT2D eigenvalue weighted by Crippen LogP contribution is -2.37. The van der Waals surface area contributed by atoms with Gasteiger partial charge in [-0.15, -0.1) is 0 Å². The second-order valence-electron chi connectivity index (χ2n) is 6.37. The van der Waals surface area contributed by atoms with Gasteiger partial charge in [-0.25, -0.2) is 22.8 Å². The molecule has 0 fully saturated rings. The molecule has 154 valence electrons. The number of aromatic amines is 1. The van der Waals surface area contributed by atoms with Gasteiger partial charge < -0.3 is 5.32 Å². The molecule has 3 rings (SSSR count). The Morgan fingerprint density at radius 2 is 1.97 bits per heavy atom. The fourth-order valence-electron chi connectivity index (χ4n) is 2.77. The Labute approximate surface area is 168 Å². The van der Waals surface area contributed by atoms with Crippen LogP contribution in [-0.2, 0) is 0 Å². The smallest absolute Gasteiger partial charge is 0.280 e. The zero-order chi connectivity index (χ0) is 21.7. The van der Waals surface area contributed by atoms with Gasteiger partial charge in [-0.1, -0.05) is 12.1 Å². The lowest BCUT2D eigenvalue weighted by Gasteiger charge is -2.14. The van der Waals surface area contributed by atoms with Crippen molar-refractivity contribution in [3.63, 3.8) is 0 Å². The largest absolute Gasteiger partial charge is 0.346 e. The van der Waals surface area contributed by atoms with E-state index in [1.807, 2.05) is 6.07 Å². The first kappa shape index (κ1) is 20.9. The van der Waals surface area contributed by atoms with E-state index in [9.17, 15) is 22.8 Å². The summed E-state index contributed by atoms with van der Waals surface area (Å²) >= 11 is 0. The summed E-state index contributed by atoms with van der Waals surface area (Å²) in [6.07, 6.45) is -0.875. The maximum atomic E-state index is 12.8. The number of nitrogens with zero attached hydrogens (tertiary/aromatic N) is 3. The summed E-state index contributed by atoms with van der Waals surface area (Å²) in [6.45, 7) is -1.11. The molecule has 0 saturated carbocycles. The van der Waals surface area contributed by atoms with Crippen molar-refractivity contribution in [3.8, 4) is 23.0 Å². The Morgan fingerprint density at radius 1 is 1.23 bits per heavy atom. The third-order valence-corrected chi connectivity index (χ3v) is 4.32. The molecule has 0 saturated heterocycles. The van der Waals surface area contributed by atoms with E-state index in [2.05, 4.69) is 15.4 Å². The maximum absolute atomic E-state index is 12.8. The van der Waals surface area contributed by atoms with Gasteiger partial charge in [0, 0.05) is 18.8 Å². The molecule has 0 aliphatic carbocycles. The molecule has 7 nitrogen and oxygen atoms in total. The number of rotatable bonds is 7. The van der Waals surface area contributed by atoms with Crippen molar-refractivity contribution < 1.29 is 18.0 Å². The molecule has 0 aliphatic heterocycles. The molecule has 10 heteroatoms. The van der Waals surface area contributed by atoms with Gasteiger partial charge in [0.25, 0.3) is 11.5 Å². The normalized spacial score (nSPS) is 11.8. The molecule has 1 unspecified atom stereocenters. The number of benzene rings is 1. The van der Waals surface area contributed by atoms with Crippen LogP contribution >= 0.6 is 0 Å². The molecule has 1 atom stereocenters. The predicted octanol–water partition coefficient (Wildman–Crippen LogP) is 2.82. The highest BCUT2D eigenvalue weighted by Crippen LogP contribution is 2.16. The van der Waals surface area contributed by atoms with Gasteiger partial charge in [-0.2, -0.15) is 5.26 Å². The van der Waals surface area contributed by atoms with Gasteiger partial charge in [0.15, 0.2) is 5.82 Å². The Balaban J connectivity index is 1.78. The summed E-state index contributed by atoms with van der Waals surface area (Å²) in [5.41, 5.74) is 1.09. The number of hydrogen-bond acceptors (Lipinski definition) is 4. The van der Waals surface area contributed by atoms with Crippen molar-refractivity contribution in [2.24, 2.45) is 0 Å². The first-order chi connectivity index (χ1) is 14.4.